The van der Waals surface area contributed by atoms with Crippen LogP contribution in [0.3, 0.4) is 0 Å². The van der Waals surface area contributed by atoms with Crippen molar-refractivity contribution >= 4 is 31.9 Å². The largest absolute Gasteiger partial charge is 0.338 e. The van der Waals surface area contributed by atoms with Gasteiger partial charge in [0, 0.05) is 23.1 Å². The van der Waals surface area contributed by atoms with E-state index in [0.29, 0.717) is 23.1 Å². The van der Waals surface area contributed by atoms with E-state index in [0.717, 1.165) is 12.8 Å². The van der Waals surface area contributed by atoms with Gasteiger partial charge in [-0.15, -0.1) is 0 Å². The number of likely N-dealkylation sites (tertiary alicyclic amines) is 1. The molecule has 0 spiro atoms. The predicted molar refractivity (Wildman–Crippen MR) is 84.4 cm³/mol. The summed E-state index contributed by atoms with van der Waals surface area (Å²) in [5.41, 5.74) is 0.425. The number of hydrogen-bond acceptors (Lipinski definition) is 3. The maximum absolute atomic E-state index is 12.6. The fourth-order valence-corrected chi connectivity index (χ4v) is 3.86. The van der Waals surface area contributed by atoms with Crippen molar-refractivity contribution in [2.45, 2.75) is 31.6 Å². The number of hydrogen-bond donors (Lipinski definition) is 1. The standard InChI is InChI=1S/C14H19BrN2O3S/c1-14(2)4-3-5-17(9-14)13(18)10-6-11(15)8-12(7-10)21(16,19)20/h6-8H,3-5,9H2,1-2H3,(H2,16,19,20). The highest BCUT2D eigenvalue weighted by molar-refractivity contribution is 9.10. The molecule has 7 heteroatoms. The maximum Gasteiger partial charge on any atom is 0.253 e. The highest BCUT2D eigenvalue weighted by Gasteiger charge is 2.30. The van der Waals surface area contributed by atoms with E-state index in [9.17, 15) is 13.2 Å². The van der Waals surface area contributed by atoms with E-state index in [-0.39, 0.29) is 16.2 Å². The summed E-state index contributed by atoms with van der Waals surface area (Å²) in [5, 5.41) is 5.14. The van der Waals surface area contributed by atoms with Gasteiger partial charge in [0.25, 0.3) is 5.91 Å². The molecule has 1 fully saturated rings. The third kappa shape index (κ3) is 4.05. The first-order valence-corrected chi connectivity index (χ1v) is 9.05. The van der Waals surface area contributed by atoms with Crippen LogP contribution in [-0.2, 0) is 10.0 Å². The van der Waals surface area contributed by atoms with Crippen LogP contribution in [-0.4, -0.2) is 32.3 Å². The third-order valence-electron chi connectivity index (χ3n) is 3.63. The molecule has 1 amide bonds. The van der Waals surface area contributed by atoms with Crippen molar-refractivity contribution in [2.24, 2.45) is 10.6 Å². The highest BCUT2D eigenvalue weighted by Crippen LogP contribution is 2.30. The van der Waals surface area contributed by atoms with Gasteiger partial charge in [0.2, 0.25) is 10.0 Å². The molecule has 1 aliphatic heterocycles. The second-order valence-electron chi connectivity index (χ2n) is 6.22. The Labute approximate surface area is 133 Å². The van der Waals surface area contributed by atoms with Crippen molar-refractivity contribution in [1.29, 1.82) is 0 Å². The van der Waals surface area contributed by atoms with Crippen LogP contribution in [0, 0.1) is 5.41 Å². The minimum absolute atomic E-state index is 0.0588. The topological polar surface area (TPSA) is 80.5 Å². The molecule has 1 aromatic carbocycles. The molecule has 0 atom stereocenters. The van der Waals surface area contributed by atoms with Crippen LogP contribution in [0.15, 0.2) is 27.6 Å². The molecule has 0 aromatic heterocycles. The second kappa shape index (κ2) is 5.70. The molecule has 0 radical (unpaired) electrons. The Balaban J connectivity index is 2.33. The lowest BCUT2D eigenvalue weighted by Gasteiger charge is -2.38. The van der Waals surface area contributed by atoms with Crippen molar-refractivity contribution < 1.29 is 13.2 Å². The van der Waals surface area contributed by atoms with Gasteiger partial charge >= 0.3 is 0 Å². The zero-order valence-electron chi connectivity index (χ0n) is 12.1. The van der Waals surface area contributed by atoms with E-state index < -0.39 is 10.0 Å². The minimum Gasteiger partial charge on any atom is -0.338 e. The van der Waals surface area contributed by atoms with Crippen molar-refractivity contribution in [1.82, 2.24) is 4.90 Å². The van der Waals surface area contributed by atoms with Crippen LogP contribution in [0.2, 0.25) is 0 Å². The molecule has 0 bridgehead atoms. The van der Waals surface area contributed by atoms with Crippen LogP contribution >= 0.6 is 15.9 Å². The summed E-state index contributed by atoms with van der Waals surface area (Å²) in [6, 6.07) is 4.36. The molecular formula is C14H19BrN2O3S. The molecule has 1 heterocycles. The molecule has 0 aliphatic carbocycles. The summed E-state index contributed by atoms with van der Waals surface area (Å²) in [7, 11) is -3.84. The second-order valence-corrected chi connectivity index (χ2v) is 8.69. The Morgan fingerprint density at radius 1 is 1.33 bits per heavy atom. The summed E-state index contributed by atoms with van der Waals surface area (Å²) in [5.74, 6) is -0.158. The lowest BCUT2D eigenvalue weighted by molar-refractivity contribution is 0.0583. The number of sulfonamides is 1. The molecule has 5 nitrogen and oxygen atoms in total. The fraction of sp³-hybridized carbons (Fsp3) is 0.500. The van der Waals surface area contributed by atoms with Gasteiger partial charge in [0.05, 0.1) is 4.90 Å². The van der Waals surface area contributed by atoms with Gasteiger partial charge in [-0.1, -0.05) is 29.8 Å². The maximum atomic E-state index is 12.6. The van der Waals surface area contributed by atoms with Gasteiger partial charge in [0.15, 0.2) is 0 Å². The van der Waals surface area contributed by atoms with Gasteiger partial charge in [-0.2, -0.15) is 0 Å². The number of carbonyl (C=O) groups excluding carboxylic acids is 1. The molecule has 21 heavy (non-hydrogen) atoms. The lowest BCUT2D eigenvalue weighted by atomic mass is 9.84. The Hall–Kier alpha value is -0.920. The summed E-state index contributed by atoms with van der Waals surface area (Å²) in [6.07, 6.45) is 2.03. The number of nitrogens with two attached hydrogens (primary N) is 1. The van der Waals surface area contributed by atoms with Crippen LogP contribution in [0.4, 0.5) is 0 Å². The zero-order chi connectivity index (χ0) is 15.8. The number of benzene rings is 1. The average Bonchev–Trinajstić information content (AvgIpc) is 2.35. The Kier molecular flexibility index (Phi) is 4.46. The van der Waals surface area contributed by atoms with E-state index >= 15 is 0 Å². The van der Waals surface area contributed by atoms with Crippen LogP contribution < -0.4 is 5.14 Å². The quantitative estimate of drug-likeness (QED) is 0.862. The number of amides is 1. The van der Waals surface area contributed by atoms with E-state index in [1.54, 1.807) is 11.0 Å². The zero-order valence-corrected chi connectivity index (χ0v) is 14.5. The van der Waals surface area contributed by atoms with Crippen LogP contribution in [0.5, 0.6) is 0 Å². The number of primary sulfonamides is 1. The molecular weight excluding hydrogens is 356 g/mol. The number of rotatable bonds is 2. The smallest absolute Gasteiger partial charge is 0.253 e. The SMILES string of the molecule is CC1(C)CCCN(C(=O)c2cc(Br)cc(S(N)(=O)=O)c2)C1. The fourth-order valence-electron chi connectivity index (χ4n) is 2.63. The molecule has 2 N–H and O–H groups in total. The van der Waals surface area contributed by atoms with Crippen molar-refractivity contribution in [3.05, 3.63) is 28.2 Å². The Morgan fingerprint density at radius 3 is 2.57 bits per heavy atom. The first-order valence-electron chi connectivity index (χ1n) is 6.71. The summed E-state index contributed by atoms with van der Waals surface area (Å²) in [4.78, 5) is 14.3. The van der Waals surface area contributed by atoms with E-state index in [4.69, 9.17) is 5.14 Å². The van der Waals surface area contributed by atoms with Crippen molar-refractivity contribution in [3.8, 4) is 0 Å². The molecule has 0 saturated carbocycles. The van der Waals surface area contributed by atoms with Gasteiger partial charge in [-0.3, -0.25) is 4.79 Å². The highest BCUT2D eigenvalue weighted by atomic mass is 79.9. The lowest BCUT2D eigenvalue weighted by Crippen LogP contribution is -2.43. The summed E-state index contributed by atoms with van der Waals surface area (Å²) >= 11 is 3.23. The summed E-state index contributed by atoms with van der Waals surface area (Å²) in [6.45, 7) is 5.62. The van der Waals surface area contributed by atoms with Crippen molar-refractivity contribution in [3.63, 3.8) is 0 Å². The van der Waals surface area contributed by atoms with Gasteiger partial charge in [-0.25, -0.2) is 13.6 Å². The Bertz CT molecular complexity index is 671. The summed E-state index contributed by atoms with van der Waals surface area (Å²) < 4.78 is 23.5. The molecule has 116 valence electrons. The monoisotopic (exact) mass is 374 g/mol. The third-order valence-corrected chi connectivity index (χ3v) is 4.99. The molecule has 1 aliphatic rings. The molecule has 1 aromatic rings. The number of halogens is 1. The molecule has 0 unspecified atom stereocenters. The van der Waals surface area contributed by atoms with Crippen LogP contribution in [0.1, 0.15) is 37.0 Å². The van der Waals surface area contributed by atoms with Gasteiger partial charge in [0.1, 0.15) is 0 Å². The van der Waals surface area contributed by atoms with Gasteiger partial charge in [-0.05, 0) is 36.5 Å². The Morgan fingerprint density at radius 2 is 2.00 bits per heavy atom. The number of carbonyl (C=O) groups is 1. The molecule has 2 rings (SSSR count). The first-order chi connectivity index (χ1) is 9.58. The minimum atomic E-state index is -3.84. The van der Waals surface area contributed by atoms with Crippen LogP contribution in [0.25, 0.3) is 0 Å². The van der Waals surface area contributed by atoms with E-state index in [1.165, 1.54) is 12.1 Å². The normalized spacial score (nSPS) is 18.6. The average molecular weight is 375 g/mol. The van der Waals surface area contributed by atoms with Gasteiger partial charge < -0.3 is 4.90 Å². The van der Waals surface area contributed by atoms with E-state index in [2.05, 4.69) is 29.8 Å². The van der Waals surface area contributed by atoms with E-state index in [1.807, 2.05) is 0 Å². The predicted octanol–water partition coefficient (Wildman–Crippen LogP) is 2.36. The number of nitrogens with zero attached hydrogens (tertiary/aromatic N) is 1. The first kappa shape index (κ1) is 16.5. The number of piperidine rings is 1. The molecule has 1 saturated heterocycles. The van der Waals surface area contributed by atoms with Crippen molar-refractivity contribution in [2.75, 3.05) is 13.1 Å².